The lowest BCUT2D eigenvalue weighted by atomic mass is 10.2. The van der Waals surface area contributed by atoms with Crippen LogP contribution in [-0.2, 0) is 16.0 Å². The van der Waals surface area contributed by atoms with E-state index in [2.05, 4.69) is 20.6 Å². The number of rotatable bonds is 6. The Morgan fingerprint density at radius 3 is 2.81 bits per heavy atom. The second kappa shape index (κ2) is 6.88. The van der Waals surface area contributed by atoms with Crippen LogP contribution < -0.4 is 10.6 Å². The second-order valence-electron chi connectivity index (χ2n) is 4.88. The van der Waals surface area contributed by atoms with Crippen molar-refractivity contribution < 1.29 is 9.59 Å². The van der Waals surface area contributed by atoms with Crippen LogP contribution in [0.5, 0.6) is 0 Å². The monoisotopic (exact) mass is 288 g/mol. The van der Waals surface area contributed by atoms with E-state index in [1.807, 2.05) is 31.2 Å². The van der Waals surface area contributed by atoms with Crippen molar-refractivity contribution in [2.45, 2.75) is 32.7 Å². The Morgan fingerprint density at radius 2 is 2.10 bits per heavy atom. The number of hydrogen-bond acceptors (Lipinski definition) is 3. The third-order valence-electron chi connectivity index (χ3n) is 3.15. The van der Waals surface area contributed by atoms with Crippen molar-refractivity contribution >= 4 is 22.8 Å². The van der Waals surface area contributed by atoms with Crippen molar-refractivity contribution in [1.82, 2.24) is 20.6 Å². The van der Waals surface area contributed by atoms with Gasteiger partial charge in [0, 0.05) is 19.4 Å². The Kier molecular flexibility index (Phi) is 4.92. The summed E-state index contributed by atoms with van der Waals surface area (Å²) in [6.07, 6.45) is 0.812. The van der Waals surface area contributed by atoms with Crippen LogP contribution in [0.3, 0.4) is 0 Å². The Labute approximate surface area is 123 Å². The molecule has 0 saturated carbocycles. The van der Waals surface area contributed by atoms with E-state index in [0.717, 1.165) is 16.9 Å². The molecule has 0 aliphatic rings. The predicted octanol–water partition coefficient (Wildman–Crippen LogP) is 1.14. The fourth-order valence-electron chi connectivity index (χ4n) is 2.06. The van der Waals surface area contributed by atoms with Gasteiger partial charge in [-0.15, -0.1) is 0 Å². The van der Waals surface area contributed by atoms with E-state index in [1.165, 1.54) is 0 Å². The van der Waals surface area contributed by atoms with E-state index in [4.69, 9.17) is 0 Å². The molecule has 2 amide bonds. The van der Waals surface area contributed by atoms with Gasteiger partial charge in [0.25, 0.3) is 0 Å². The smallest absolute Gasteiger partial charge is 0.242 e. The van der Waals surface area contributed by atoms with Crippen molar-refractivity contribution in [3.63, 3.8) is 0 Å². The lowest BCUT2D eigenvalue weighted by molar-refractivity contribution is -0.128. The summed E-state index contributed by atoms with van der Waals surface area (Å²) in [4.78, 5) is 30.9. The summed E-state index contributed by atoms with van der Waals surface area (Å²) in [7, 11) is 0. The van der Waals surface area contributed by atoms with Gasteiger partial charge in [0.1, 0.15) is 11.9 Å². The minimum atomic E-state index is -0.520. The van der Waals surface area contributed by atoms with Gasteiger partial charge in [-0.25, -0.2) is 4.98 Å². The normalized spacial score (nSPS) is 12.1. The Hall–Kier alpha value is -2.37. The summed E-state index contributed by atoms with van der Waals surface area (Å²) in [5, 5.41) is 5.35. The molecule has 0 aliphatic heterocycles. The molecule has 112 valence electrons. The number of para-hydroxylation sites is 2. The first kappa shape index (κ1) is 15.0. The van der Waals surface area contributed by atoms with Crippen molar-refractivity contribution in [1.29, 1.82) is 0 Å². The van der Waals surface area contributed by atoms with E-state index in [0.29, 0.717) is 19.4 Å². The van der Waals surface area contributed by atoms with Crippen molar-refractivity contribution in [3.8, 4) is 0 Å². The number of aromatic amines is 1. The number of nitrogens with one attached hydrogen (secondary N) is 3. The fourth-order valence-corrected chi connectivity index (χ4v) is 2.06. The molecule has 6 nitrogen and oxygen atoms in total. The van der Waals surface area contributed by atoms with Gasteiger partial charge in [-0.05, 0) is 26.0 Å². The summed E-state index contributed by atoms with van der Waals surface area (Å²) in [6.45, 7) is 4.07. The summed E-state index contributed by atoms with van der Waals surface area (Å²) in [5.41, 5.74) is 1.85. The van der Waals surface area contributed by atoms with Crippen LogP contribution >= 0.6 is 0 Å². The number of fused-ring (bicyclic) bond motifs is 1. The van der Waals surface area contributed by atoms with E-state index >= 15 is 0 Å². The molecular formula is C15H20N4O2. The molecule has 0 saturated heterocycles. The van der Waals surface area contributed by atoms with Gasteiger partial charge in [-0.3, -0.25) is 9.59 Å². The number of hydrogen-bond donors (Lipinski definition) is 3. The Morgan fingerprint density at radius 1 is 1.33 bits per heavy atom. The van der Waals surface area contributed by atoms with E-state index < -0.39 is 6.04 Å². The van der Waals surface area contributed by atoms with Crippen molar-refractivity contribution in [3.05, 3.63) is 30.1 Å². The maximum Gasteiger partial charge on any atom is 0.242 e. The fraction of sp³-hybridized carbons (Fsp3) is 0.400. The first-order valence-electron chi connectivity index (χ1n) is 7.11. The number of carbonyl (C=O) groups excluding carboxylic acids is 2. The zero-order chi connectivity index (χ0) is 15.2. The van der Waals surface area contributed by atoms with Crippen molar-refractivity contribution in [2.24, 2.45) is 0 Å². The lowest BCUT2D eigenvalue weighted by Gasteiger charge is -2.12. The Bertz CT molecular complexity index is 602. The molecule has 3 N–H and O–H groups in total. The van der Waals surface area contributed by atoms with Gasteiger partial charge in [-0.2, -0.15) is 0 Å². The van der Waals surface area contributed by atoms with Crippen LogP contribution in [-0.4, -0.2) is 34.4 Å². The number of amides is 2. The van der Waals surface area contributed by atoms with E-state index in [1.54, 1.807) is 6.92 Å². The average Bonchev–Trinajstić information content (AvgIpc) is 2.88. The minimum absolute atomic E-state index is 0.158. The van der Waals surface area contributed by atoms with E-state index in [-0.39, 0.29) is 11.8 Å². The molecule has 1 aromatic carbocycles. The topological polar surface area (TPSA) is 86.9 Å². The number of imidazole rings is 1. The molecule has 0 unspecified atom stereocenters. The summed E-state index contributed by atoms with van der Waals surface area (Å²) in [5.74, 6) is 0.445. The molecule has 0 spiro atoms. The SMILES string of the molecule is CCNC(=O)[C@H](C)NC(=O)CCc1nc2ccccc2[nH]1. The zero-order valence-corrected chi connectivity index (χ0v) is 12.3. The first-order chi connectivity index (χ1) is 10.1. The molecule has 21 heavy (non-hydrogen) atoms. The molecule has 1 heterocycles. The van der Waals surface area contributed by atoms with Crippen molar-refractivity contribution in [2.75, 3.05) is 6.54 Å². The van der Waals surface area contributed by atoms with Crippen LogP contribution in [0, 0.1) is 0 Å². The number of H-pyrrole nitrogens is 1. The number of aryl methyl sites for hydroxylation is 1. The number of likely N-dealkylation sites (N-methyl/N-ethyl adjacent to an activating group) is 1. The molecule has 2 aromatic rings. The van der Waals surface area contributed by atoms with Crippen LogP contribution in [0.4, 0.5) is 0 Å². The molecule has 2 rings (SSSR count). The Balaban J connectivity index is 1.84. The minimum Gasteiger partial charge on any atom is -0.355 e. The maximum absolute atomic E-state index is 11.8. The molecule has 1 aromatic heterocycles. The van der Waals surface area contributed by atoms with Crippen LogP contribution in [0.15, 0.2) is 24.3 Å². The highest BCUT2D eigenvalue weighted by atomic mass is 16.2. The van der Waals surface area contributed by atoms with Gasteiger partial charge in [0.2, 0.25) is 11.8 Å². The molecular weight excluding hydrogens is 268 g/mol. The second-order valence-corrected chi connectivity index (χ2v) is 4.88. The van der Waals surface area contributed by atoms with Gasteiger partial charge in [0.05, 0.1) is 11.0 Å². The summed E-state index contributed by atoms with van der Waals surface area (Å²) < 4.78 is 0. The highest BCUT2D eigenvalue weighted by Crippen LogP contribution is 2.11. The highest BCUT2D eigenvalue weighted by molar-refractivity contribution is 5.87. The van der Waals surface area contributed by atoms with Crippen LogP contribution in [0.2, 0.25) is 0 Å². The first-order valence-corrected chi connectivity index (χ1v) is 7.11. The average molecular weight is 288 g/mol. The number of carbonyl (C=O) groups is 2. The van der Waals surface area contributed by atoms with Gasteiger partial charge < -0.3 is 15.6 Å². The number of benzene rings is 1. The molecule has 0 fully saturated rings. The third-order valence-corrected chi connectivity index (χ3v) is 3.15. The van der Waals surface area contributed by atoms with Gasteiger partial charge in [0.15, 0.2) is 0 Å². The molecule has 0 aliphatic carbocycles. The number of nitrogens with zero attached hydrogens (tertiary/aromatic N) is 1. The quantitative estimate of drug-likeness (QED) is 0.745. The summed E-state index contributed by atoms with van der Waals surface area (Å²) >= 11 is 0. The standard InChI is InChI=1S/C15H20N4O2/c1-3-16-15(21)10(2)17-14(20)9-8-13-18-11-6-4-5-7-12(11)19-13/h4-7,10H,3,8-9H2,1-2H3,(H,16,21)(H,17,20)(H,18,19)/t10-/m0/s1. The third kappa shape index (κ3) is 4.05. The summed E-state index contributed by atoms with van der Waals surface area (Å²) in [6, 6.07) is 7.21. The number of aromatic nitrogens is 2. The van der Waals surface area contributed by atoms with Gasteiger partial charge >= 0.3 is 0 Å². The molecule has 6 heteroatoms. The zero-order valence-electron chi connectivity index (χ0n) is 12.3. The van der Waals surface area contributed by atoms with Crippen LogP contribution in [0.1, 0.15) is 26.1 Å². The highest BCUT2D eigenvalue weighted by Gasteiger charge is 2.14. The predicted molar refractivity (Wildman–Crippen MR) is 80.7 cm³/mol. The van der Waals surface area contributed by atoms with Crippen LogP contribution in [0.25, 0.3) is 11.0 Å². The molecule has 0 radical (unpaired) electrons. The maximum atomic E-state index is 11.8. The molecule has 1 atom stereocenters. The van der Waals surface area contributed by atoms with Gasteiger partial charge in [-0.1, -0.05) is 12.1 Å². The van der Waals surface area contributed by atoms with E-state index in [9.17, 15) is 9.59 Å². The largest absolute Gasteiger partial charge is 0.355 e. The molecule has 0 bridgehead atoms. The lowest BCUT2D eigenvalue weighted by Crippen LogP contribution is -2.44.